The molecule has 0 saturated heterocycles. The second-order valence-corrected chi connectivity index (χ2v) is 8.15. The third kappa shape index (κ3) is 33.9. The first-order valence-corrected chi connectivity index (χ1v) is 12.7. The number of nitrogens with zero attached hydrogens (tertiary/aromatic N) is 1. The first-order valence-electron chi connectivity index (χ1n) is 12.7. The molecule has 2 aromatic rings. The number of carbonyl (C=O) groups is 2. The van der Waals surface area contributed by atoms with Gasteiger partial charge in [0.2, 0.25) is 0 Å². The van der Waals surface area contributed by atoms with Gasteiger partial charge in [0.15, 0.2) is 0 Å². The minimum atomic E-state index is -0.0602. The van der Waals surface area contributed by atoms with Gasteiger partial charge in [-0.15, -0.1) is 12.4 Å². The van der Waals surface area contributed by atoms with E-state index in [0.29, 0.717) is 0 Å². The summed E-state index contributed by atoms with van der Waals surface area (Å²) in [4.78, 5) is 21.1. The van der Waals surface area contributed by atoms with Crippen molar-refractivity contribution in [2.24, 2.45) is 5.73 Å². The predicted molar refractivity (Wildman–Crippen MR) is 172 cm³/mol. The van der Waals surface area contributed by atoms with E-state index in [9.17, 15) is 4.79 Å². The first-order chi connectivity index (χ1) is 17.7. The van der Waals surface area contributed by atoms with Crippen LogP contribution in [0, 0.1) is 0 Å². The fraction of sp³-hybridized carbons (Fsp3) is 0.517. The van der Waals surface area contributed by atoms with Crippen LogP contribution in [-0.4, -0.2) is 92.2 Å². The van der Waals surface area contributed by atoms with E-state index in [1.807, 2.05) is 57.2 Å². The van der Waals surface area contributed by atoms with E-state index in [4.69, 9.17) is 25.8 Å². The molecule has 0 aliphatic rings. The van der Waals surface area contributed by atoms with E-state index in [1.165, 1.54) is 12.5 Å². The monoisotopic (exact) mass is 572 g/mol. The molecule has 0 saturated carbocycles. The maximum atomic E-state index is 10.0. The Morgan fingerprint density at radius 3 is 1.56 bits per heavy atom. The number of aliphatic hydroxyl groups excluding tert-OH is 3. The summed E-state index contributed by atoms with van der Waals surface area (Å²) in [6.45, 7) is 14.7. The molecule has 8 nitrogen and oxygen atoms in total. The number of likely N-dealkylation sites (N-methyl/N-ethyl adjacent to an activating group) is 2. The molecule has 0 amide bonds. The second-order valence-electron chi connectivity index (χ2n) is 8.15. The number of benzene rings is 2. The number of hydrogen-bond acceptors (Lipinski definition) is 8. The number of nitrogens with two attached hydrogens (primary N) is 1. The lowest BCUT2D eigenvalue weighted by molar-refractivity contribution is -0.106. The fourth-order valence-electron chi connectivity index (χ4n) is 2.46. The molecule has 0 bridgehead atoms. The van der Waals surface area contributed by atoms with Crippen LogP contribution < -0.4 is 11.1 Å². The van der Waals surface area contributed by atoms with Gasteiger partial charge in [-0.05, 0) is 46.3 Å². The number of aldehydes is 2. The zero-order valence-corrected chi connectivity index (χ0v) is 24.8. The van der Waals surface area contributed by atoms with Crippen molar-refractivity contribution in [3.8, 4) is 0 Å². The van der Waals surface area contributed by atoms with E-state index in [1.54, 1.807) is 19.1 Å². The van der Waals surface area contributed by atoms with Crippen LogP contribution in [0.25, 0.3) is 0 Å². The molecule has 3 atom stereocenters. The highest BCUT2D eigenvalue weighted by Gasteiger charge is 2.10. The lowest BCUT2D eigenvalue weighted by Gasteiger charge is -2.26. The minimum absolute atomic E-state index is 0. The van der Waals surface area contributed by atoms with Gasteiger partial charge in [-0.25, -0.2) is 0 Å². The zero-order chi connectivity index (χ0) is 28.9. The average Bonchev–Trinajstić information content (AvgIpc) is 2.93. The van der Waals surface area contributed by atoms with Crippen molar-refractivity contribution in [3.63, 3.8) is 0 Å². The van der Waals surface area contributed by atoms with Crippen LogP contribution in [0.3, 0.4) is 0 Å². The molecule has 0 aliphatic carbocycles. The minimum Gasteiger partial charge on any atom is -0.395 e. The lowest BCUT2D eigenvalue weighted by Crippen LogP contribution is -2.34. The van der Waals surface area contributed by atoms with Gasteiger partial charge in [0, 0.05) is 30.2 Å². The Labute approximate surface area is 245 Å². The van der Waals surface area contributed by atoms with Crippen molar-refractivity contribution in [3.05, 3.63) is 71.8 Å². The quantitative estimate of drug-likeness (QED) is 0.215. The Hall–Kier alpha value is -2.11. The zero-order valence-electron chi connectivity index (χ0n) is 24.0. The number of carbonyl (C=O) groups excluding carboxylic acids is 2. The molecule has 0 fully saturated rings. The molecule has 0 heterocycles. The molecule has 0 aromatic heterocycles. The molecule has 2 rings (SSSR count). The van der Waals surface area contributed by atoms with Crippen LogP contribution >= 0.6 is 12.4 Å². The van der Waals surface area contributed by atoms with Crippen LogP contribution in [-0.2, 0) is 11.3 Å². The van der Waals surface area contributed by atoms with Crippen molar-refractivity contribution in [2.75, 3.05) is 32.9 Å². The standard InChI is InChI=1S/C12H19NO.C7H6O.C5H13NO.C3H9NO.C2H4O.BH4.ClH/c1-3-13(11(2)10-14)9-12-7-5-4-6-8-12;8-6-7-4-2-1-3-5-7;1-3-6-5(2)4-7;1-3(4)2-5;1-2-3;;/h4-8,11,14H,3,9-10H2,1-2H3;1-6H;5-7H,3-4H2,1-2H3;3,5H,2,4H2,1H3;2H,1H3;1H4;1H/q;;;;;-1;/t11-;;5-;3-;;;/m0.00.../s1. The summed E-state index contributed by atoms with van der Waals surface area (Å²) in [7, 11) is 0. The highest BCUT2D eigenvalue weighted by Crippen LogP contribution is 2.07. The molecule has 0 aliphatic heterocycles. The Morgan fingerprint density at radius 2 is 1.31 bits per heavy atom. The molecule has 39 heavy (non-hydrogen) atoms. The smallest absolute Gasteiger partial charge is 0.150 e. The fourth-order valence-corrected chi connectivity index (χ4v) is 2.46. The molecule has 0 unspecified atom stereocenters. The Kier molecular flexibility index (Phi) is 43.0. The van der Waals surface area contributed by atoms with Gasteiger partial charge in [0.05, 0.1) is 19.8 Å². The lowest BCUT2D eigenvalue weighted by atomic mass is 10.2. The summed E-state index contributed by atoms with van der Waals surface area (Å²) in [5.74, 6) is 0. The van der Waals surface area contributed by atoms with E-state index >= 15 is 0 Å². The topological polar surface area (TPSA) is 136 Å². The molecule has 2 aromatic carbocycles. The van der Waals surface area contributed by atoms with Gasteiger partial charge in [-0.1, -0.05) is 82.9 Å². The number of rotatable bonds is 10. The van der Waals surface area contributed by atoms with Gasteiger partial charge in [-0.2, -0.15) is 0 Å². The van der Waals surface area contributed by atoms with E-state index in [2.05, 4.69) is 29.3 Å². The van der Waals surface area contributed by atoms with Crippen LogP contribution in [0.15, 0.2) is 60.7 Å². The summed E-state index contributed by atoms with van der Waals surface area (Å²) in [6.07, 6.45) is 1.58. The Morgan fingerprint density at radius 1 is 0.872 bits per heavy atom. The molecule has 0 spiro atoms. The third-order valence-electron chi connectivity index (χ3n) is 4.57. The van der Waals surface area contributed by atoms with Crippen molar-refractivity contribution >= 4 is 33.4 Å². The number of nitrogens with one attached hydrogen (secondary N) is 1. The van der Waals surface area contributed by atoms with E-state index in [-0.39, 0.29) is 58.8 Å². The molecule has 6 N–H and O–H groups in total. The molecule has 228 valence electrons. The summed E-state index contributed by atoms with van der Waals surface area (Å²) in [5.41, 5.74) is 7.07. The third-order valence-corrected chi connectivity index (χ3v) is 4.57. The van der Waals surface area contributed by atoms with Crippen molar-refractivity contribution in [1.82, 2.24) is 10.2 Å². The summed E-state index contributed by atoms with van der Waals surface area (Å²) < 4.78 is 0. The summed E-state index contributed by atoms with van der Waals surface area (Å²) in [6, 6.07) is 19.9. The van der Waals surface area contributed by atoms with Gasteiger partial charge < -0.3 is 31.2 Å². The Bertz CT molecular complexity index is 731. The van der Waals surface area contributed by atoms with Gasteiger partial charge in [0.1, 0.15) is 12.6 Å². The van der Waals surface area contributed by atoms with Crippen molar-refractivity contribution in [1.29, 1.82) is 0 Å². The number of aliphatic hydroxyl groups is 3. The molecular weight excluding hydrogens is 517 g/mol. The first kappa shape index (κ1) is 46.7. The summed E-state index contributed by atoms with van der Waals surface area (Å²) >= 11 is 0. The predicted octanol–water partition coefficient (Wildman–Crippen LogP) is 1.87. The van der Waals surface area contributed by atoms with Crippen LogP contribution in [0.5, 0.6) is 0 Å². The molecule has 10 heteroatoms. The van der Waals surface area contributed by atoms with Crippen LogP contribution in [0.4, 0.5) is 0 Å². The second kappa shape index (κ2) is 35.9. The largest absolute Gasteiger partial charge is 0.395 e. The normalized spacial score (nSPS) is 11.3. The van der Waals surface area contributed by atoms with Crippen molar-refractivity contribution < 1.29 is 24.9 Å². The number of halogens is 1. The molecular formula is C29H56BClN3O5-. The molecule has 0 radical (unpaired) electrons. The van der Waals surface area contributed by atoms with Crippen LogP contribution in [0.1, 0.15) is 57.5 Å². The van der Waals surface area contributed by atoms with E-state index in [0.717, 1.165) is 37.8 Å². The average molecular weight is 573 g/mol. The van der Waals surface area contributed by atoms with E-state index < -0.39 is 0 Å². The SMILES string of the molecule is CC=O.CCN(Cc1ccccc1)[C@@H](C)CO.CCN[C@@H](C)CO.C[C@H](N)CO.Cl.O=Cc1ccccc1.[BH4-]. The highest BCUT2D eigenvalue weighted by molar-refractivity contribution is 5.85. The van der Waals surface area contributed by atoms with Crippen molar-refractivity contribution in [2.45, 2.75) is 66.2 Å². The van der Waals surface area contributed by atoms with Gasteiger partial charge in [0.25, 0.3) is 0 Å². The maximum absolute atomic E-state index is 10.0. The van der Waals surface area contributed by atoms with Gasteiger partial charge >= 0.3 is 0 Å². The summed E-state index contributed by atoms with van der Waals surface area (Å²) in [5, 5.41) is 28.5. The Balaban J connectivity index is -0.000000134. The maximum Gasteiger partial charge on any atom is 0.150 e. The highest BCUT2D eigenvalue weighted by atomic mass is 35.5. The van der Waals surface area contributed by atoms with Gasteiger partial charge in [-0.3, -0.25) is 9.69 Å². The van der Waals surface area contributed by atoms with Crippen LogP contribution in [0.2, 0.25) is 0 Å². The number of hydrogen-bond donors (Lipinski definition) is 5.